The fourth-order valence-electron chi connectivity index (χ4n) is 1.05. The number of amides is 2. The highest BCUT2D eigenvalue weighted by molar-refractivity contribution is 14.1. The van der Waals surface area contributed by atoms with E-state index >= 15 is 0 Å². The molecule has 0 aliphatic heterocycles. The van der Waals surface area contributed by atoms with Crippen molar-refractivity contribution in [1.82, 2.24) is 14.2 Å². The number of hydrogen-bond acceptors (Lipinski definition) is 5. The van der Waals surface area contributed by atoms with Crippen molar-refractivity contribution in [2.45, 2.75) is 25.6 Å². The molecule has 0 aliphatic rings. The summed E-state index contributed by atoms with van der Waals surface area (Å²) in [5, 5.41) is 23.6. The number of halogens is 1. The molecular formula is C11H18IN3O4. The lowest BCUT2D eigenvalue weighted by Crippen LogP contribution is -2.50. The second-order valence-electron chi connectivity index (χ2n) is 3.49. The van der Waals surface area contributed by atoms with Gasteiger partial charge in [-0.1, -0.05) is 12.8 Å². The average molecular weight is 383 g/mol. The van der Waals surface area contributed by atoms with Crippen molar-refractivity contribution in [3.05, 3.63) is 0 Å². The monoisotopic (exact) mass is 383 g/mol. The summed E-state index contributed by atoms with van der Waals surface area (Å²) >= 11 is 1.91. The van der Waals surface area contributed by atoms with Crippen LogP contribution >= 0.6 is 22.9 Å². The lowest BCUT2D eigenvalue weighted by atomic mass is 10.2. The minimum Gasteiger partial charge on any atom is -0.380 e. The summed E-state index contributed by atoms with van der Waals surface area (Å²) in [6.07, 6.45) is -2.95. The number of carbonyl (C=O) groups is 2. The van der Waals surface area contributed by atoms with Gasteiger partial charge in [-0.2, -0.15) is 0 Å². The first kappa shape index (κ1) is 18.1. The van der Waals surface area contributed by atoms with Gasteiger partial charge >= 0.3 is 0 Å². The Labute approximate surface area is 126 Å². The van der Waals surface area contributed by atoms with Crippen LogP contribution in [0.25, 0.3) is 0 Å². The topological polar surface area (TPSA) is 111 Å². The van der Waals surface area contributed by atoms with E-state index in [2.05, 4.69) is 26.0 Å². The van der Waals surface area contributed by atoms with Crippen molar-refractivity contribution in [3.8, 4) is 11.8 Å². The Kier molecular flexibility index (Phi) is 10.5. The van der Waals surface area contributed by atoms with Crippen LogP contribution in [0.15, 0.2) is 0 Å². The van der Waals surface area contributed by atoms with E-state index < -0.39 is 24.0 Å². The van der Waals surface area contributed by atoms with Crippen LogP contribution in [0.4, 0.5) is 0 Å². The van der Waals surface area contributed by atoms with Gasteiger partial charge in [-0.25, -0.2) is 0 Å². The van der Waals surface area contributed by atoms with Crippen molar-refractivity contribution < 1.29 is 19.8 Å². The molecule has 2 atom stereocenters. The molecule has 0 fully saturated rings. The third-order valence-corrected chi connectivity index (χ3v) is 2.55. The largest absolute Gasteiger partial charge is 0.380 e. The van der Waals surface area contributed by atoms with Crippen LogP contribution in [-0.2, 0) is 9.59 Å². The minimum atomic E-state index is -1.81. The van der Waals surface area contributed by atoms with Crippen LogP contribution in [0.1, 0.15) is 13.3 Å². The van der Waals surface area contributed by atoms with E-state index in [1.54, 1.807) is 0 Å². The van der Waals surface area contributed by atoms with Crippen molar-refractivity contribution >= 4 is 34.7 Å². The van der Waals surface area contributed by atoms with Gasteiger partial charge < -0.3 is 20.8 Å². The van der Waals surface area contributed by atoms with Gasteiger partial charge in [0.1, 0.15) is 0 Å². The zero-order valence-corrected chi connectivity index (χ0v) is 12.7. The number of hydrogen-bond donors (Lipinski definition) is 5. The highest BCUT2D eigenvalue weighted by atomic mass is 127. The second-order valence-corrected chi connectivity index (χ2v) is 4.25. The molecule has 8 heteroatoms. The molecule has 2 unspecified atom stereocenters. The maximum absolute atomic E-state index is 11.4. The lowest BCUT2D eigenvalue weighted by molar-refractivity contribution is -0.145. The maximum atomic E-state index is 11.4. The Morgan fingerprint density at radius 1 is 1.11 bits per heavy atom. The van der Waals surface area contributed by atoms with Crippen molar-refractivity contribution in [2.24, 2.45) is 0 Å². The Morgan fingerprint density at radius 3 is 2.21 bits per heavy atom. The number of nitrogens with one attached hydrogen (secondary N) is 3. The summed E-state index contributed by atoms with van der Waals surface area (Å²) in [5.74, 6) is 3.75. The molecule has 5 N–H and O–H groups in total. The van der Waals surface area contributed by atoms with Crippen molar-refractivity contribution in [1.29, 1.82) is 0 Å². The van der Waals surface area contributed by atoms with Crippen LogP contribution in [0.2, 0.25) is 0 Å². The fraction of sp³-hybridized carbons (Fsp3) is 0.636. The highest BCUT2D eigenvalue weighted by Crippen LogP contribution is 1.94. The Hall–Kier alpha value is -0.890. The smallest absolute Gasteiger partial charge is 0.252 e. The van der Waals surface area contributed by atoms with E-state index in [-0.39, 0.29) is 13.1 Å². The van der Waals surface area contributed by atoms with Crippen LogP contribution in [0.3, 0.4) is 0 Å². The molecule has 0 saturated carbocycles. The van der Waals surface area contributed by atoms with Crippen molar-refractivity contribution in [2.75, 3.05) is 19.6 Å². The van der Waals surface area contributed by atoms with Gasteiger partial charge in [0.15, 0.2) is 12.2 Å². The standard InChI is InChI=1S/C11H18IN3O4/c1-2-3-4-5-13-10(18)8(16)9(17)11(19)14-6-7-15-12/h8-9,15-17H,2,5-7H2,1H3,(H,13,18)(H,14,19). The third kappa shape index (κ3) is 7.99. The minimum absolute atomic E-state index is 0.0663. The summed E-state index contributed by atoms with van der Waals surface area (Å²) in [6, 6.07) is 0. The Balaban J connectivity index is 4.11. The third-order valence-electron chi connectivity index (χ3n) is 2.01. The Morgan fingerprint density at radius 2 is 1.68 bits per heavy atom. The zero-order valence-electron chi connectivity index (χ0n) is 10.6. The molecule has 0 bridgehead atoms. The molecule has 19 heavy (non-hydrogen) atoms. The van der Waals surface area contributed by atoms with Crippen LogP contribution in [0.5, 0.6) is 0 Å². The number of aliphatic hydroxyl groups excluding tert-OH is 2. The summed E-state index contributed by atoms with van der Waals surface area (Å²) < 4.78 is 2.77. The zero-order chi connectivity index (χ0) is 14.7. The first-order valence-corrected chi connectivity index (χ1v) is 6.83. The van der Waals surface area contributed by atoms with E-state index in [1.807, 2.05) is 29.8 Å². The molecule has 0 spiro atoms. The predicted molar refractivity (Wildman–Crippen MR) is 78.1 cm³/mol. The fourth-order valence-corrected chi connectivity index (χ4v) is 1.32. The van der Waals surface area contributed by atoms with Gasteiger partial charge in [-0.05, 0) is 0 Å². The molecule has 0 aromatic carbocycles. The van der Waals surface area contributed by atoms with Crippen LogP contribution < -0.4 is 14.2 Å². The van der Waals surface area contributed by atoms with Gasteiger partial charge in [0.05, 0.1) is 6.54 Å². The van der Waals surface area contributed by atoms with E-state index in [1.165, 1.54) is 0 Å². The number of rotatable bonds is 7. The average Bonchev–Trinajstić information content (AvgIpc) is 2.41. The van der Waals surface area contributed by atoms with Crippen LogP contribution in [-0.4, -0.2) is 53.9 Å². The summed E-state index contributed by atoms with van der Waals surface area (Å²) in [7, 11) is 0. The van der Waals surface area contributed by atoms with E-state index in [0.29, 0.717) is 13.0 Å². The molecule has 2 amide bonds. The van der Waals surface area contributed by atoms with Gasteiger partial charge in [-0.3, -0.25) is 13.1 Å². The van der Waals surface area contributed by atoms with E-state index in [0.717, 1.165) is 0 Å². The lowest BCUT2D eigenvalue weighted by Gasteiger charge is -2.16. The van der Waals surface area contributed by atoms with Gasteiger partial charge in [0.2, 0.25) is 0 Å². The number of aliphatic hydroxyl groups is 2. The molecule has 7 nitrogen and oxygen atoms in total. The van der Waals surface area contributed by atoms with Gasteiger partial charge in [0, 0.05) is 42.4 Å². The van der Waals surface area contributed by atoms with Crippen molar-refractivity contribution in [3.63, 3.8) is 0 Å². The number of carbonyl (C=O) groups excluding carboxylic acids is 2. The SMILES string of the molecule is CCC#CCNC(=O)C(O)C(O)C(=O)NCCNI. The molecule has 0 aromatic rings. The first-order valence-electron chi connectivity index (χ1n) is 5.75. The second kappa shape index (κ2) is 11.0. The molecule has 0 heterocycles. The Bertz CT molecular complexity index is 354. The molecule has 0 aliphatic carbocycles. The summed E-state index contributed by atoms with van der Waals surface area (Å²) in [5.41, 5.74) is 0. The van der Waals surface area contributed by atoms with E-state index in [4.69, 9.17) is 0 Å². The summed E-state index contributed by atoms with van der Waals surface area (Å²) in [6.45, 7) is 2.72. The van der Waals surface area contributed by atoms with Gasteiger partial charge in [0.25, 0.3) is 11.8 Å². The van der Waals surface area contributed by atoms with Crippen LogP contribution in [0, 0.1) is 11.8 Å². The quantitative estimate of drug-likeness (QED) is 0.156. The first-order chi connectivity index (χ1) is 9.04. The molecule has 0 radical (unpaired) electrons. The normalized spacial score (nSPS) is 12.8. The summed E-state index contributed by atoms with van der Waals surface area (Å²) in [4.78, 5) is 22.8. The van der Waals surface area contributed by atoms with Gasteiger partial charge in [-0.15, -0.1) is 5.92 Å². The molecule has 0 aromatic heterocycles. The molecule has 0 saturated heterocycles. The maximum Gasteiger partial charge on any atom is 0.252 e. The highest BCUT2D eigenvalue weighted by Gasteiger charge is 2.29. The molecular weight excluding hydrogens is 365 g/mol. The molecule has 108 valence electrons. The van der Waals surface area contributed by atoms with E-state index in [9.17, 15) is 19.8 Å². The predicted octanol–water partition coefficient (Wildman–Crippen LogP) is -1.71. The molecule has 0 rings (SSSR count).